The summed E-state index contributed by atoms with van der Waals surface area (Å²) in [5.74, 6) is 0.288. The SMILES string of the molecule is CN1c2ccccc2C(=O)NC1(C)CCl. The van der Waals surface area contributed by atoms with Gasteiger partial charge in [-0.2, -0.15) is 0 Å². The van der Waals surface area contributed by atoms with Crippen molar-refractivity contribution in [2.75, 3.05) is 17.8 Å². The molecule has 80 valence electrons. The number of carbonyl (C=O) groups is 1. The van der Waals surface area contributed by atoms with E-state index < -0.39 is 5.66 Å². The first-order chi connectivity index (χ1) is 7.08. The van der Waals surface area contributed by atoms with Crippen LogP contribution in [0.4, 0.5) is 5.69 Å². The minimum Gasteiger partial charge on any atom is -0.350 e. The summed E-state index contributed by atoms with van der Waals surface area (Å²) < 4.78 is 0. The number of benzene rings is 1. The molecule has 4 heteroatoms. The van der Waals surface area contributed by atoms with Gasteiger partial charge in [0.15, 0.2) is 0 Å². The maximum Gasteiger partial charge on any atom is 0.255 e. The molecular formula is C11H13ClN2O. The summed E-state index contributed by atoms with van der Waals surface area (Å²) in [6, 6.07) is 7.52. The van der Waals surface area contributed by atoms with Gasteiger partial charge in [0.05, 0.1) is 17.1 Å². The molecule has 1 unspecified atom stereocenters. The predicted octanol–water partition coefficient (Wildman–Crippen LogP) is 1.82. The Morgan fingerprint density at radius 2 is 2.13 bits per heavy atom. The van der Waals surface area contributed by atoms with Crippen molar-refractivity contribution in [1.82, 2.24) is 5.32 Å². The Labute approximate surface area is 94.0 Å². The van der Waals surface area contributed by atoms with E-state index in [0.29, 0.717) is 11.4 Å². The van der Waals surface area contributed by atoms with Gasteiger partial charge in [0.2, 0.25) is 0 Å². The Bertz CT molecular complexity index is 407. The molecule has 15 heavy (non-hydrogen) atoms. The van der Waals surface area contributed by atoms with Gasteiger partial charge in [0, 0.05) is 7.05 Å². The van der Waals surface area contributed by atoms with E-state index in [1.807, 2.05) is 43.1 Å². The smallest absolute Gasteiger partial charge is 0.255 e. The van der Waals surface area contributed by atoms with Gasteiger partial charge in [-0.25, -0.2) is 0 Å². The Morgan fingerprint density at radius 1 is 1.47 bits per heavy atom. The van der Waals surface area contributed by atoms with E-state index in [1.165, 1.54) is 0 Å². The molecule has 0 saturated carbocycles. The largest absolute Gasteiger partial charge is 0.350 e. The number of para-hydroxylation sites is 1. The van der Waals surface area contributed by atoms with Crippen LogP contribution in [0.25, 0.3) is 0 Å². The number of rotatable bonds is 1. The summed E-state index contributed by atoms with van der Waals surface area (Å²) in [4.78, 5) is 13.8. The molecule has 0 aromatic heterocycles. The molecule has 1 aromatic carbocycles. The van der Waals surface area contributed by atoms with Gasteiger partial charge in [-0.15, -0.1) is 11.6 Å². The summed E-state index contributed by atoms with van der Waals surface area (Å²) in [7, 11) is 1.93. The third-order valence-corrected chi connectivity index (χ3v) is 3.41. The average Bonchev–Trinajstić information content (AvgIpc) is 2.26. The molecule has 1 atom stereocenters. The van der Waals surface area contributed by atoms with Gasteiger partial charge in [-0.3, -0.25) is 4.79 Å². The number of alkyl halides is 1. The maximum absolute atomic E-state index is 11.8. The molecule has 0 fully saturated rings. The third kappa shape index (κ3) is 1.47. The first kappa shape index (κ1) is 10.3. The lowest BCUT2D eigenvalue weighted by molar-refractivity contribution is 0.0902. The number of hydrogen-bond acceptors (Lipinski definition) is 2. The molecule has 0 bridgehead atoms. The van der Waals surface area contributed by atoms with Gasteiger partial charge < -0.3 is 10.2 Å². The number of carbonyl (C=O) groups excluding carboxylic acids is 1. The second kappa shape index (κ2) is 3.42. The number of hydrogen-bond donors (Lipinski definition) is 1. The van der Waals surface area contributed by atoms with E-state index in [2.05, 4.69) is 5.32 Å². The number of nitrogens with zero attached hydrogens (tertiary/aromatic N) is 1. The Balaban J connectivity index is 2.53. The maximum atomic E-state index is 11.8. The van der Waals surface area contributed by atoms with Gasteiger partial charge in [0.25, 0.3) is 5.91 Å². The minimum absolute atomic E-state index is 0.0631. The van der Waals surface area contributed by atoms with Gasteiger partial charge >= 0.3 is 0 Å². The molecule has 2 rings (SSSR count). The first-order valence-electron chi connectivity index (χ1n) is 4.80. The number of fused-ring (bicyclic) bond motifs is 1. The fraction of sp³-hybridized carbons (Fsp3) is 0.364. The second-order valence-corrected chi connectivity index (χ2v) is 4.21. The van der Waals surface area contributed by atoms with Crippen LogP contribution in [0.5, 0.6) is 0 Å². The highest BCUT2D eigenvalue weighted by atomic mass is 35.5. The van der Waals surface area contributed by atoms with Crippen molar-refractivity contribution in [3.05, 3.63) is 29.8 Å². The van der Waals surface area contributed by atoms with Crippen LogP contribution in [0.2, 0.25) is 0 Å². The molecule has 0 radical (unpaired) electrons. The minimum atomic E-state index is -0.507. The molecule has 3 nitrogen and oxygen atoms in total. The van der Waals surface area contributed by atoms with Crippen LogP contribution in [0.3, 0.4) is 0 Å². The van der Waals surface area contributed by atoms with E-state index in [0.717, 1.165) is 5.69 Å². The summed E-state index contributed by atoms with van der Waals surface area (Å²) in [6.45, 7) is 1.91. The molecule has 1 N–H and O–H groups in total. The van der Waals surface area contributed by atoms with Crippen LogP contribution >= 0.6 is 11.6 Å². The highest BCUT2D eigenvalue weighted by Gasteiger charge is 2.37. The lowest BCUT2D eigenvalue weighted by Gasteiger charge is -2.43. The van der Waals surface area contributed by atoms with Crippen LogP contribution in [-0.2, 0) is 0 Å². The number of anilines is 1. The zero-order valence-corrected chi connectivity index (χ0v) is 9.51. The van der Waals surface area contributed by atoms with Crippen molar-refractivity contribution >= 4 is 23.2 Å². The summed E-state index contributed by atoms with van der Waals surface area (Å²) in [5.41, 5.74) is 1.11. The summed E-state index contributed by atoms with van der Waals surface area (Å²) >= 11 is 5.89. The van der Waals surface area contributed by atoms with E-state index in [4.69, 9.17) is 11.6 Å². The summed E-state index contributed by atoms with van der Waals surface area (Å²) in [6.07, 6.45) is 0. The Morgan fingerprint density at radius 3 is 2.80 bits per heavy atom. The Hall–Kier alpha value is -1.22. The highest BCUT2D eigenvalue weighted by molar-refractivity contribution is 6.19. The monoisotopic (exact) mass is 224 g/mol. The first-order valence-corrected chi connectivity index (χ1v) is 5.33. The van der Waals surface area contributed by atoms with E-state index in [1.54, 1.807) is 0 Å². The topological polar surface area (TPSA) is 32.3 Å². The lowest BCUT2D eigenvalue weighted by atomic mass is 10.0. The van der Waals surface area contributed by atoms with Crippen LogP contribution in [-0.4, -0.2) is 24.5 Å². The molecule has 0 aliphatic carbocycles. The van der Waals surface area contributed by atoms with Gasteiger partial charge in [0.1, 0.15) is 5.66 Å². The highest BCUT2D eigenvalue weighted by Crippen LogP contribution is 2.30. The van der Waals surface area contributed by atoms with E-state index >= 15 is 0 Å². The quantitative estimate of drug-likeness (QED) is 0.739. The van der Waals surface area contributed by atoms with E-state index in [-0.39, 0.29) is 5.91 Å². The standard InChI is InChI=1S/C11H13ClN2O/c1-11(7-12)13-10(15)8-5-3-4-6-9(8)14(11)2/h3-6H,7H2,1-2H3,(H,13,15). The van der Waals surface area contributed by atoms with Gasteiger partial charge in [-0.05, 0) is 19.1 Å². The van der Waals surface area contributed by atoms with E-state index in [9.17, 15) is 4.79 Å². The van der Waals surface area contributed by atoms with Crippen molar-refractivity contribution < 1.29 is 4.79 Å². The molecule has 1 aromatic rings. The zero-order chi connectivity index (χ0) is 11.1. The van der Waals surface area contributed by atoms with Crippen LogP contribution < -0.4 is 10.2 Å². The number of amides is 1. The fourth-order valence-corrected chi connectivity index (χ4v) is 1.99. The van der Waals surface area contributed by atoms with Gasteiger partial charge in [-0.1, -0.05) is 12.1 Å². The second-order valence-electron chi connectivity index (χ2n) is 3.94. The molecular weight excluding hydrogens is 212 g/mol. The van der Waals surface area contributed by atoms with Crippen molar-refractivity contribution in [3.63, 3.8) is 0 Å². The normalized spacial score (nSPS) is 24.7. The molecule has 1 amide bonds. The van der Waals surface area contributed by atoms with Crippen molar-refractivity contribution in [3.8, 4) is 0 Å². The molecule has 1 aliphatic rings. The predicted molar refractivity (Wildman–Crippen MR) is 61.4 cm³/mol. The number of halogens is 1. The van der Waals surface area contributed by atoms with Crippen LogP contribution in [0.15, 0.2) is 24.3 Å². The van der Waals surface area contributed by atoms with Crippen LogP contribution in [0.1, 0.15) is 17.3 Å². The van der Waals surface area contributed by atoms with Crippen molar-refractivity contribution in [2.45, 2.75) is 12.6 Å². The van der Waals surface area contributed by atoms with Crippen molar-refractivity contribution in [1.29, 1.82) is 0 Å². The third-order valence-electron chi connectivity index (χ3n) is 2.89. The van der Waals surface area contributed by atoms with Crippen molar-refractivity contribution in [2.24, 2.45) is 0 Å². The molecule has 1 aliphatic heterocycles. The summed E-state index contributed by atoms with van der Waals surface area (Å²) in [5, 5.41) is 2.90. The van der Waals surface area contributed by atoms with Crippen LogP contribution in [0, 0.1) is 0 Å². The molecule has 0 saturated heterocycles. The molecule has 1 heterocycles. The average molecular weight is 225 g/mol. The lowest BCUT2D eigenvalue weighted by Crippen LogP contribution is -2.62. The fourth-order valence-electron chi connectivity index (χ4n) is 1.74. The zero-order valence-electron chi connectivity index (χ0n) is 8.75. The Kier molecular flexibility index (Phi) is 2.35. The number of nitrogens with one attached hydrogen (secondary N) is 1. The molecule has 0 spiro atoms.